The Kier molecular flexibility index (Phi) is 5.36. The Hall–Kier alpha value is -2.04. The van der Waals surface area contributed by atoms with Gasteiger partial charge in [-0.15, -0.1) is 0 Å². The van der Waals surface area contributed by atoms with Crippen LogP contribution in [-0.2, 0) is 4.79 Å². The van der Waals surface area contributed by atoms with Gasteiger partial charge in [-0.2, -0.15) is 0 Å². The Morgan fingerprint density at radius 3 is 2.53 bits per heavy atom. The fraction of sp³-hybridized carbons (Fsp3) is 0.429. The van der Waals surface area contributed by atoms with E-state index < -0.39 is 0 Å². The van der Waals surface area contributed by atoms with Crippen molar-refractivity contribution in [3.63, 3.8) is 0 Å². The zero-order chi connectivity index (χ0) is 14.4. The molecule has 0 atom stereocenters. The van der Waals surface area contributed by atoms with Crippen LogP contribution in [0.25, 0.3) is 0 Å². The molecule has 0 radical (unpaired) electrons. The first-order chi connectivity index (χ1) is 8.93. The number of carbonyl (C=O) groups excluding carboxylic acids is 2. The molecule has 0 spiro atoms. The second-order valence-electron chi connectivity index (χ2n) is 4.70. The van der Waals surface area contributed by atoms with E-state index in [2.05, 4.69) is 16.0 Å². The van der Waals surface area contributed by atoms with E-state index >= 15 is 0 Å². The van der Waals surface area contributed by atoms with Gasteiger partial charge in [-0.1, -0.05) is 11.6 Å². The van der Waals surface area contributed by atoms with Crippen molar-refractivity contribution in [2.24, 2.45) is 0 Å². The SMILES string of the molecule is CNc1ccc(C)cc1C(=O)NCC(=O)NC(C)C. The molecule has 2 amide bonds. The quantitative estimate of drug-likeness (QED) is 0.749. The van der Waals surface area contributed by atoms with E-state index in [-0.39, 0.29) is 24.4 Å². The summed E-state index contributed by atoms with van der Waals surface area (Å²) >= 11 is 0. The molecule has 0 heterocycles. The lowest BCUT2D eigenvalue weighted by Crippen LogP contribution is -2.39. The average Bonchev–Trinajstić information content (AvgIpc) is 2.35. The van der Waals surface area contributed by atoms with Crippen molar-refractivity contribution >= 4 is 17.5 Å². The van der Waals surface area contributed by atoms with Gasteiger partial charge in [0.2, 0.25) is 5.91 Å². The fourth-order valence-corrected chi connectivity index (χ4v) is 1.69. The molecular weight excluding hydrogens is 242 g/mol. The molecule has 5 heteroatoms. The molecule has 0 aliphatic carbocycles. The second kappa shape index (κ2) is 6.78. The Morgan fingerprint density at radius 2 is 1.95 bits per heavy atom. The van der Waals surface area contributed by atoms with Crippen LogP contribution < -0.4 is 16.0 Å². The largest absolute Gasteiger partial charge is 0.387 e. The molecule has 0 bridgehead atoms. The maximum absolute atomic E-state index is 12.0. The lowest BCUT2D eigenvalue weighted by molar-refractivity contribution is -0.120. The minimum absolute atomic E-state index is 0.0197. The van der Waals surface area contributed by atoms with Gasteiger partial charge in [0.1, 0.15) is 0 Å². The highest BCUT2D eigenvalue weighted by Gasteiger charge is 2.12. The summed E-state index contributed by atoms with van der Waals surface area (Å²) in [4.78, 5) is 23.5. The van der Waals surface area contributed by atoms with E-state index in [1.54, 1.807) is 13.1 Å². The van der Waals surface area contributed by atoms with E-state index in [4.69, 9.17) is 0 Å². The van der Waals surface area contributed by atoms with Crippen molar-refractivity contribution in [3.8, 4) is 0 Å². The lowest BCUT2D eigenvalue weighted by atomic mass is 10.1. The number of aryl methyl sites for hydroxylation is 1. The van der Waals surface area contributed by atoms with E-state index in [1.807, 2.05) is 32.9 Å². The molecule has 1 rings (SSSR count). The third kappa shape index (κ3) is 4.62. The van der Waals surface area contributed by atoms with Crippen LogP contribution in [-0.4, -0.2) is 31.4 Å². The predicted octanol–water partition coefficient (Wildman–Crippen LogP) is 1.29. The third-order valence-corrected chi connectivity index (χ3v) is 2.55. The van der Waals surface area contributed by atoms with Gasteiger partial charge in [-0.05, 0) is 32.9 Å². The molecule has 0 saturated carbocycles. The van der Waals surface area contributed by atoms with Crippen LogP contribution in [0.3, 0.4) is 0 Å². The summed E-state index contributed by atoms with van der Waals surface area (Å²) in [6, 6.07) is 5.63. The highest BCUT2D eigenvalue weighted by Crippen LogP contribution is 2.16. The van der Waals surface area contributed by atoms with Crippen LogP contribution in [0.15, 0.2) is 18.2 Å². The zero-order valence-electron chi connectivity index (χ0n) is 11.8. The van der Waals surface area contributed by atoms with Gasteiger partial charge in [-0.25, -0.2) is 0 Å². The summed E-state index contributed by atoms with van der Waals surface area (Å²) in [5, 5.41) is 8.30. The van der Waals surface area contributed by atoms with E-state index in [1.165, 1.54) is 0 Å². The van der Waals surface area contributed by atoms with Gasteiger partial charge >= 0.3 is 0 Å². The maximum atomic E-state index is 12.0. The van der Waals surface area contributed by atoms with E-state index in [0.29, 0.717) is 5.56 Å². The molecule has 3 N–H and O–H groups in total. The van der Waals surface area contributed by atoms with Crippen molar-refractivity contribution in [1.29, 1.82) is 0 Å². The first-order valence-electron chi connectivity index (χ1n) is 6.30. The summed E-state index contributed by atoms with van der Waals surface area (Å²) in [6.07, 6.45) is 0. The number of rotatable bonds is 5. The lowest BCUT2D eigenvalue weighted by Gasteiger charge is -2.12. The number of hydrogen-bond donors (Lipinski definition) is 3. The van der Waals surface area contributed by atoms with Crippen LogP contribution in [0.2, 0.25) is 0 Å². The standard InChI is InChI=1S/C14H21N3O2/c1-9(2)17-13(18)8-16-14(19)11-7-10(3)5-6-12(11)15-4/h5-7,9,15H,8H2,1-4H3,(H,16,19)(H,17,18). The Morgan fingerprint density at radius 1 is 1.26 bits per heavy atom. The molecule has 0 aliphatic rings. The first-order valence-corrected chi connectivity index (χ1v) is 6.30. The summed E-state index contributed by atoms with van der Waals surface area (Å²) in [7, 11) is 1.76. The molecule has 0 aromatic heterocycles. The van der Waals surface area contributed by atoms with Crippen molar-refractivity contribution in [3.05, 3.63) is 29.3 Å². The monoisotopic (exact) mass is 263 g/mol. The predicted molar refractivity (Wildman–Crippen MR) is 76.3 cm³/mol. The van der Waals surface area contributed by atoms with Crippen molar-refractivity contribution in [1.82, 2.24) is 10.6 Å². The van der Waals surface area contributed by atoms with Gasteiger partial charge in [-0.3, -0.25) is 9.59 Å². The maximum Gasteiger partial charge on any atom is 0.253 e. The number of nitrogens with one attached hydrogen (secondary N) is 3. The van der Waals surface area contributed by atoms with Crippen molar-refractivity contribution in [2.75, 3.05) is 18.9 Å². The van der Waals surface area contributed by atoms with Gasteiger partial charge in [0.25, 0.3) is 5.91 Å². The normalized spacial score (nSPS) is 10.2. The summed E-state index contributed by atoms with van der Waals surface area (Å²) in [5.74, 6) is -0.450. The smallest absolute Gasteiger partial charge is 0.253 e. The van der Waals surface area contributed by atoms with Crippen LogP contribution in [0.4, 0.5) is 5.69 Å². The van der Waals surface area contributed by atoms with Gasteiger partial charge in [0.15, 0.2) is 0 Å². The molecule has 0 aliphatic heterocycles. The second-order valence-corrected chi connectivity index (χ2v) is 4.70. The van der Waals surface area contributed by atoms with Gasteiger partial charge in [0.05, 0.1) is 12.1 Å². The molecular formula is C14H21N3O2. The number of anilines is 1. The molecule has 104 valence electrons. The molecule has 0 saturated heterocycles. The Bertz CT molecular complexity index is 470. The van der Waals surface area contributed by atoms with Crippen LogP contribution >= 0.6 is 0 Å². The minimum Gasteiger partial charge on any atom is -0.387 e. The molecule has 1 aromatic rings. The topological polar surface area (TPSA) is 70.2 Å². The van der Waals surface area contributed by atoms with Gasteiger partial charge < -0.3 is 16.0 Å². The van der Waals surface area contributed by atoms with Gasteiger partial charge in [0, 0.05) is 18.8 Å². The van der Waals surface area contributed by atoms with Crippen molar-refractivity contribution < 1.29 is 9.59 Å². The fourth-order valence-electron chi connectivity index (χ4n) is 1.69. The molecule has 5 nitrogen and oxygen atoms in total. The molecule has 0 unspecified atom stereocenters. The molecule has 0 fully saturated rings. The first kappa shape index (κ1) is 15.0. The zero-order valence-corrected chi connectivity index (χ0v) is 11.8. The van der Waals surface area contributed by atoms with Crippen LogP contribution in [0.1, 0.15) is 29.8 Å². The summed E-state index contributed by atoms with van der Waals surface area (Å²) in [5.41, 5.74) is 2.28. The number of hydrogen-bond acceptors (Lipinski definition) is 3. The summed E-state index contributed by atoms with van der Waals surface area (Å²) < 4.78 is 0. The van der Waals surface area contributed by atoms with E-state index in [0.717, 1.165) is 11.3 Å². The van der Waals surface area contributed by atoms with Crippen molar-refractivity contribution in [2.45, 2.75) is 26.8 Å². The number of benzene rings is 1. The number of amides is 2. The van der Waals surface area contributed by atoms with Crippen LogP contribution in [0, 0.1) is 6.92 Å². The van der Waals surface area contributed by atoms with E-state index in [9.17, 15) is 9.59 Å². The third-order valence-electron chi connectivity index (χ3n) is 2.55. The average molecular weight is 263 g/mol. The highest BCUT2D eigenvalue weighted by atomic mass is 16.2. The highest BCUT2D eigenvalue weighted by molar-refractivity contribution is 6.01. The Balaban J connectivity index is 2.68. The Labute approximate surface area is 113 Å². The molecule has 1 aromatic carbocycles. The number of carbonyl (C=O) groups is 2. The minimum atomic E-state index is -0.257. The summed E-state index contributed by atoms with van der Waals surface area (Å²) in [6.45, 7) is 5.65. The molecule has 19 heavy (non-hydrogen) atoms. The van der Waals surface area contributed by atoms with Crippen LogP contribution in [0.5, 0.6) is 0 Å².